The van der Waals surface area contributed by atoms with E-state index in [0.717, 1.165) is 15.1 Å². The highest BCUT2D eigenvalue weighted by atomic mass is 79.9. The average Bonchev–Trinajstić information content (AvgIpc) is 2.83. The summed E-state index contributed by atoms with van der Waals surface area (Å²) < 4.78 is 11.6. The summed E-state index contributed by atoms with van der Waals surface area (Å²) in [6.45, 7) is 2.68. The molecule has 0 fully saturated rings. The minimum Gasteiger partial charge on any atom is -0.488 e. The van der Waals surface area contributed by atoms with Crippen molar-refractivity contribution in [3.63, 3.8) is 0 Å². The van der Waals surface area contributed by atoms with Gasteiger partial charge in [-0.15, -0.1) is 11.3 Å². The van der Waals surface area contributed by atoms with Gasteiger partial charge in [-0.1, -0.05) is 0 Å². The fourth-order valence-corrected chi connectivity index (χ4v) is 2.86. The van der Waals surface area contributed by atoms with Gasteiger partial charge in [-0.25, -0.2) is 4.79 Å². The molecule has 2 rings (SSSR count). The molecule has 0 spiro atoms. The number of carbonyl (C=O) groups is 1. The molecule has 0 saturated carbocycles. The van der Waals surface area contributed by atoms with Gasteiger partial charge in [0.25, 0.3) is 0 Å². The SMILES string of the molecule is CCOC(=O)c1ccc(OCc2sccc2Br)cc1. The molecular weight excluding hydrogens is 328 g/mol. The highest BCUT2D eigenvalue weighted by Crippen LogP contribution is 2.24. The Bertz CT molecular complexity index is 548. The van der Waals surface area contributed by atoms with E-state index in [1.54, 1.807) is 42.5 Å². The van der Waals surface area contributed by atoms with Crippen LogP contribution < -0.4 is 4.74 Å². The number of carbonyl (C=O) groups excluding carboxylic acids is 1. The zero-order chi connectivity index (χ0) is 13.7. The lowest BCUT2D eigenvalue weighted by molar-refractivity contribution is 0.0526. The largest absolute Gasteiger partial charge is 0.488 e. The monoisotopic (exact) mass is 340 g/mol. The van der Waals surface area contributed by atoms with Crippen LogP contribution in [0.25, 0.3) is 0 Å². The third-order valence-corrected chi connectivity index (χ3v) is 4.33. The highest BCUT2D eigenvalue weighted by molar-refractivity contribution is 9.10. The Kier molecular flexibility index (Phi) is 4.99. The molecule has 0 radical (unpaired) electrons. The molecule has 0 bridgehead atoms. The van der Waals surface area contributed by atoms with Crippen LogP contribution in [0.1, 0.15) is 22.2 Å². The summed E-state index contributed by atoms with van der Waals surface area (Å²) in [5, 5.41) is 2.01. The molecule has 0 atom stereocenters. The number of hydrogen-bond acceptors (Lipinski definition) is 4. The Morgan fingerprint density at radius 3 is 2.58 bits per heavy atom. The second-order valence-electron chi connectivity index (χ2n) is 3.73. The van der Waals surface area contributed by atoms with Crippen LogP contribution in [0.2, 0.25) is 0 Å². The van der Waals surface area contributed by atoms with E-state index in [4.69, 9.17) is 9.47 Å². The van der Waals surface area contributed by atoms with Crippen molar-refractivity contribution in [3.05, 3.63) is 50.6 Å². The second-order valence-corrected chi connectivity index (χ2v) is 5.58. The Morgan fingerprint density at radius 2 is 2.00 bits per heavy atom. The third kappa shape index (κ3) is 3.81. The van der Waals surface area contributed by atoms with E-state index in [0.29, 0.717) is 18.8 Å². The molecule has 1 aromatic carbocycles. The van der Waals surface area contributed by atoms with E-state index in [-0.39, 0.29) is 5.97 Å². The number of ether oxygens (including phenoxy) is 2. The number of hydrogen-bond donors (Lipinski definition) is 0. The third-order valence-electron chi connectivity index (χ3n) is 2.43. The van der Waals surface area contributed by atoms with E-state index in [1.165, 1.54) is 0 Å². The Labute approximate surface area is 124 Å². The summed E-state index contributed by atoms with van der Waals surface area (Å²) >= 11 is 5.09. The second kappa shape index (κ2) is 6.73. The zero-order valence-corrected chi connectivity index (χ0v) is 12.8. The molecule has 0 aliphatic heterocycles. The Morgan fingerprint density at radius 1 is 1.26 bits per heavy atom. The Hall–Kier alpha value is -1.33. The maximum absolute atomic E-state index is 11.5. The van der Waals surface area contributed by atoms with Crippen LogP contribution in [-0.2, 0) is 11.3 Å². The first-order chi connectivity index (χ1) is 9.20. The minimum absolute atomic E-state index is 0.310. The van der Waals surface area contributed by atoms with Crippen molar-refractivity contribution in [1.82, 2.24) is 0 Å². The summed E-state index contributed by atoms with van der Waals surface area (Å²) in [4.78, 5) is 12.6. The number of esters is 1. The van der Waals surface area contributed by atoms with E-state index in [2.05, 4.69) is 15.9 Å². The van der Waals surface area contributed by atoms with Gasteiger partial charge in [0.1, 0.15) is 12.4 Å². The molecule has 1 aromatic heterocycles. The number of halogens is 1. The smallest absolute Gasteiger partial charge is 0.338 e. The number of thiophene rings is 1. The lowest BCUT2D eigenvalue weighted by atomic mass is 10.2. The van der Waals surface area contributed by atoms with Crippen LogP contribution in [0.4, 0.5) is 0 Å². The predicted molar refractivity (Wildman–Crippen MR) is 78.7 cm³/mol. The predicted octanol–water partition coefficient (Wildman–Crippen LogP) is 4.27. The maximum atomic E-state index is 11.5. The molecule has 0 aliphatic rings. The highest BCUT2D eigenvalue weighted by Gasteiger charge is 2.06. The summed E-state index contributed by atoms with van der Waals surface area (Å²) in [5.74, 6) is 0.420. The molecule has 0 amide bonds. The van der Waals surface area contributed by atoms with Crippen LogP contribution in [0, 0.1) is 0 Å². The summed E-state index contributed by atoms with van der Waals surface area (Å²) in [6.07, 6.45) is 0. The molecule has 19 heavy (non-hydrogen) atoms. The van der Waals surface area contributed by atoms with Crippen LogP contribution in [0.15, 0.2) is 40.2 Å². The first kappa shape index (κ1) is 14.1. The van der Waals surface area contributed by atoms with E-state index in [1.807, 2.05) is 11.4 Å². The molecule has 0 N–H and O–H groups in total. The van der Waals surface area contributed by atoms with Gasteiger partial charge in [0.15, 0.2) is 0 Å². The zero-order valence-electron chi connectivity index (χ0n) is 10.4. The first-order valence-corrected chi connectivity index (χ1v) is 7.50. The lowest BCUT2D eigenvalue weighted by Gasteiger charge is -2.06. The van der Waals surface area contributed by atoms with Crippen molar-refractivity contribution in [1.29, 1.82) is 0 Å². The molecule has 0 aliphatic carbocycles. The van der Waals surface area contributed by atoms with Crippen molar-refractivity contribution < 1.29 is 14.3 Å². The van der Waals surface area contributed by atoms with Crippen molar-refractivity contribution >= 4 is 33.2 Å². The van der Waals surface area contributed by atoms with Crippen molar-refractivity contribution in [2.24, 2.45) is 0 Å². The van der Waals surface area contributed by atoms with Crippen molar-refractivity contribution in [2.45, 2.75) is 13.5 Å². The molecular formula is C14H13BrO3S. The molecule has 1 heterocycles. The van der Waals surface area contributed by atoms with E-state index in [9.17, 15) is 4.79 Å². The summed E-state index contributed by atoms with van der Waals surface area (Å²) in [7, 11) is 0. The average molecular weight is 341 g/mol. The summed E-state index contributed by atoms with van der Waals surface area (Å²) in [5.41, 5.74) is 0.534. The van der Waals surface area contributed by atoms with Gasteiger partial charge in [0.2, 0.25) is 0 Å². The van der Waals surface area contributed by atoms with Gasteiger partial charge in [-0.2, -0.15) is 0 Å². The topological polar surface area (TPSA) is 35.5 Å². The lowest BCUT2D eigenvalue weighted by Crippen LogP contribution is -2.04. The van der Waals surface area contributed by atoms with Gasteiger partial charge < -0.3 is 9.47 Å². The van der Waals surface area contributed by atoms with Crippen molar-refractivity contribution in [3.8, 4) is 5.75 Å². The maximum Gasteiger partial charge on any atom is 0.338 e. The van der Waals surface area contributed by atoms with Crippen molar-refractivity contribution in [2.75, 3.05) is 6.61 Å². The molecule has 5 heteroatoms. The number of benzene rings is 1. The molecule has 2 aromatic rings. The standard InChI is InChI=1S/C14H13BrO3S/c1-2-17-14(16)10-3-5-11(6-4-10)18-9-13-12(15)7-8-19-13/h3-8H,2,9H2,1H3. The minimum atomic E-state index is -0.310. The molecule has 100 valence electrons. The molecule has 0 saturated heterocycles. The van der Waals surface area contributed by atoms with E-state index < -0.39 is 0 Å². The normalized spacial score (nSPS) is 10.2. The first-order valence-electron chi connectivity index (χ1n) is 5.82. The van der Waals surface area contributed by atoms with Crippen LogP contribution >= 0.6 is 27.3 Å². The fraction of sp³-hybridized carbons (Fsp3) is 0.214. The van der Waals surface area contributed by atoms with Crippen LogP contribution in [0.5, 0.6) is 5.75 Å². The Balaban J connectivity index is 1.95. The quantitative estimate of drug-likeness (QED) is 0.762. The fourth-order valence-electron chi connectivity index (χ4n) is 1.48. The van der Waals surface area contributed by atoms with Gasteiger partial charge in [0.05, 0.1) is 17.0 Å². The number of rotatable bonds is 5. The van der Waals surface area contributed by atoms with Crippen LogP contribution in [0.3, 0.4) is 0 Å². The van der Waals surface area contributed by atoms with E-state index >= 15 is 0 Å². The van der Waals surface area contributed by atoms with Crippen LogP contribution in [-0.4, -0.2) is 12.6 Å². The summed E-state index contributed by atoms with van der Waals surface area (Å²) in [6, 6.07) is 8.95. The molecule has 0 unspecified atom stereocenters. The van der Waals surface area contributed by atoms with Gasteiger partial charge in [-0.3, -0.25) is 0 Å². The van der Waals surface area contributed by atoms with Gasteiger partial charge >= 0.3 is 5.97 Å². The molecule has 3 nitrogen and oxygen atoms in total. The van der Waals surface area contributed by atoms with Gasteiger partial charge in [0, 0.05) is 4.47 Å². The van der Waals surface area contributed by atoms with Gasteiger partial charge in [-0.05, 0) is 58.6 Å².